The van der Waals surface area contributed by atoms with Crippen molar-refractivity contribution in [3.05, 3.63) is 17.0 Å². The van der Waals surface area contributed by atoms with E-state index in [0.29, 0.717) is 0 Å². The molecule has 1 aromatic heterocycles. The fourth-order valence-corrected chi connectivity index (χ4v) is 2.19. The smallest absolute Gasteiger partial charge is 0.0659 e. The molecule has 2 heteroatoms. The van der Waals surface area contributed by atoms with Gasteiger partial charge in [-0.1, -0.05) is 20.8 Å². The molecule has 1 heterocycles. The first kappa shape index (κ1) is 11.3. The van der Waals surface area contributed by atoms with E-state index >= 15 is 0 Å². The van der Waals surface area contributed by atoms with Gasteiger partial charge in [0.1, 0.15) is 0 Å². The second-order valence-electron chi connectivity index (χ2n) is 3.56. The van der Waals surface area contributed by atoms with Crippen LogP contribution in [-0.2, 0) is 26.3 Å². The van der Waals surface area contributed by atoms with Gasteiger partial charge in [0.25, 0.3) is 0 Å². The first-order valence-corrected chi connectivity index (χ1v) is 5.86. The van der Waals surface area contributed by atoms with Crippen LogP contribution >= 0.6 is 0 Å². The zero-order chi connectivity index (χ0) is 10.6. The van der Waals surface area contributed by atoms with Crippen LogP contribution in [-0.4, -0.2) is 9.78 Å². The van der Waals surface area contributed by atoms with Gasteiger partial charge in [0.15, 0.2) is 0 Å². The molecule has 0 amide bonds. The minimum atomic E-state index is 1.12. The molecule has 0 saturated carbocycles. The van der Waals surface area contributed by atoms with E-state index in [-0.39, 0.29) is 0 Å². The third-order valence-corrected chi connectivity index (χ3v) is 2.78. The maximum Gasteiger partial charge on any atom is 0.0659 e. The van der Waals surface area contributed by atoms with E-state index < -0.39 is 0 Å². The standard InChI is InChI=1S/C10H16N2.C2H6/c1-3-10-8-6-4-5-7-9(8)11-12(10)2;1-2/h3-7H2,1-2H3;1-2H3. The van der Waals surface area contributed by atoms with E-state index in [2.05, 4.69) is 23.8 Å². The predicted molar refractivity (Wildman–Crippen MR) is 60.6 cm³/mol. The topological polar surface area (TPSA) is 17.8 Å². The van der Waals surface area contributed by atoms with Gasteiger partial charge in [-0.25, -0.2) is 0 Å². The summed E-state index contributed by atoms with van der Waals surface area (Å²) in [6, 6.07) is 0. The molecule has 1 aliphatic rings. The largest absolute Gasteiger partial charge is 0.272 e. The van der Waals surface area contributed by atoms with Gasteiger partial charge in [-0.2, -0.15) is 5.10 Å². The van der Waals surface area contributed by atoms with E-state index in [1.54, 1.807) is 5.56 Å². The summed E-state index contributed by atoms with van der Waals surface area (Å²) in [5.41, 5.74) is 4.36. The number of rotatable bonds is 1. The van der Waals surface area contributed by atoms with Crippen LogP contribution in [0.3, 0.4) is 0 Å². The van der Waals surface area contributed by atoms with Crippen LogP contribution in [0, 0.1) is 0 Å². The Bertz CT molecular complexity index is 287. The van der Waals surface area contributed by atoms with Crippen molar-refractivity contribution >= 4 is 0 Å². The van der Waals surface area contributed by atoms with Gasteiger partial charge >= 0.3 is 0 Å². The summed E-state index contributed by atoms with van der Waals surface area (Å²) in [5.74, 6) is 0. The molecule has 0 radical (unpaired) electrons. The van der Waals surface area contributed by atoms with Crippen LogP contribution in [0.1, 0.15) is 50.6 Å². The molecule has 1 aliphatic carbocycles. The van der Waals surface area contributed by atoms with Crippen LogP contribution in [0.5, 0.6) is 0 Å². The molecular formula is C12H22N2. The number of hydrogen-bond donors (Lipinski definition) is 0. The summed E-state index contributed by atoms with van der Waals surface area (Å²) in [4.78, 5) is 0. The fourth-order valence-electron chi connectivity index (χ4n) is 2.19. The predicted octanol–water partition coefficient (Wildman–Crippen LogP) is 2.89. The molecule has 0 spiro atoms. The third-order valence-electron chi connectivity index (χ3n) is 2.78. The lowest BCUT2D eigenvalue weighted by atomic mass is 9.95. The lowest BCUT2D eigenvalue weighted by molar-refractivity contribution is 0.664. The van der Waals surface area contributed by atoms with E-state index in [9.17, 15) is 0 Å². The van der Waals surface area contributed by atoms with Crippen molar-refractivity contribution in [3.63, 3.8) is 0 Å². The summed E-state index contributed by atoms with van der Waals surface area (Å²) in [6.07, 6.45) is 6.26. The van der Waals surface area contributed by atoms with Crippen LogP contribution < -0.4 is 0 Å². The lowest BCUT2D eigenvalue weighted by Crippen LogP contribution is -2.02. The zero-order valence-electron chi connectivity index (χ0n) is 9.93. The number of hydrogen-bond acceptors (Lipinski definition) is 1. The Morgan fingerprint density at radius 3 is 2.50 bits per heavy atom. The Balaban J connectivity index is 0.000000461. The Morgan fingerprint density at radius 2 is 1.86 bits per heavy atom. The van der Waals surface area contributed by atoms with E-state index in [1.165, 1.54) is 37.1 Å². The van der Waals surface area contributed by atoms with E-state index in [1.807, 2.05) is 13.8 Å². The number of fused-ring (bicyclic) bond motifs is 1. The Morgan fingerprint density at radius 1 is 1.21 bits per heavy atom. The zero-order valence-corrected chi connectivity index (χ0v) is 9.93. The van der Waals surface area contributed by atoms with Crippen molar-refractivity contribution in [3.8, 4) is 0 Å². The van der Waals surface area contributed by atoms with Crippen molar-refractivity contribution in [2.75, 3.05) is 0 Å². The van der Waals surface area contributed by atoms with Gasteiger partial charge in [0, 0.05) is 12.7 Å². The number of nitrogens with zero attached hydrogens (tertiary/aromatic N) is 2. The summed E-state index contributed by atoms with van der Waals surface area (Å²) < 4.78 is 2.07. The maximum atomic E-state index is 4.54. The Kier molecular flexibility index (Phi) is 4.18. The molecule has 0 atom stereocenters. The molecule has 2 nitrogen and oxygen atoms in total. The average molecular weight is 194 g/mol. The van der Waals surface area contributed by atoms with Crippen molar-refractivity contribution < 1.29 is 0 Å². The van der Waals surface area contributed by atoms with Crippen LogP contribution in [0.15, 0.2) is 0 Å². The highest BCUT2D eigenvalue weighted by molar-refractivity contribution is 5.28. The van der Waals surface area contributed by atoms with E-state index in [0.717, 1.165) is 6.42 Å². The second-order valence-corrected chi connectivity index (χ2v) is 3.56. The first-order chi connectivity index (χ1) is 6.83. The number of aromatic nitrogens is 2. The van der Waals surface area contributed by atoms with Crippen molar-refractivity contribution in [2.45, 2.75) is 52.9 Å². The van der Waals surface area contributed by atoms with Gasteiger partial charge in [-0.15, -0.1) is 0 Å². The molecular weight excluding hydrogens is 172 g/mol. The molecule has 14 heavy (non-hydrogen) atoms. The van der Waals surface area contributed by atoms with Gasteiger partial charge in [0.2, 0.25) is 0 Å². The fraction of sp³-hybridized carbons (Fsp3) is 0.750. The summed E-state index contributed by atoms with van der Waals surface area (Å²) in [5, 5.41) is 4.54. The van der Waals surface area contributed by atoms with Gasteiger partial charge in [-0.05, 0) is 37.7 Å². The van der Waals surface area contributed by atoms with Crippen molar-refractivity contribution in [1.82, 2.24) is 9.78 Å². The highest BCUT2D eigenvalue weighted by Gasteiger charge is 2.17. The minimum absolute atomic E-state index is 1.12. The van der Waals surface area contributed by atoms with Gasteiger partial charge < -0.3 is 0 Å². The lowest BCUT2D eigenvalue weighted by Gasteiger charge is -2.09. The van der Waals surface area contributed by atoms with E-state index in [4.69, 9.17) is 0 Å². The summed E-state index contributed by atoms with van der Waals surface area (Å²) in [6.45, 7) is 6.21. The molecule has 0 N–H and O–H groups in total. The second kappa shape index (κ2) is 5.18. The Hall–Kier alpha value is -0.790. The normalized spacial score (nSPS) is 14.3. The van der Waals surface area contributed by atoms with Crippen LogP contribution in [0.25, 0.3) is 0 Å². The third kappa shape index (κ3) is 1.99. The molecule has 0 fully saturated rings. The monoisotopic (exact) mass is 194 g/mol. The van der Waals surface area contributed by atoms with Crippen molar-refractivity contribution in [1.29, 1.82) is 0 Å². The molecule has 0 aromatic carbocycles. The molecule has 80 valence electrons. The summed E-state index contributed by atoms with van der Waals surface area (Å²) >= 11 is 0. The SMILES string of the molecule is CC.CCc1c2c(nn1C)CCCC2. The average Bonchev–Trinajstić information content (AvgIpc) is 2.56. The molecule has 0 unspecified atom stereocenters. The highest BCUT2D eigenvalue weighted by Crippen LogP contribution is 2.23. The van der Waals surface area contributed by atoms with Crippen molar-refractivity contribution in [2.24, 2.45) is 7.05 Å². The first-order valence-electron chi connectivity index (χ1n) is 5.86. The Labute approximate surface area is 87.3 Å². The molecule has 0 aliphatic heterocycles. The number of aryl methyl sites for hydroxylation is 2. The highest BCUT2D eigenvalue weighted by atomic mass is 15.3. The van der Waals surface area contributed by atoms with Gasteiger partial charge in [0.05, 0.1) is 5.69 Å². The quantitative estimate of drug-likeness (QED) is 0.672. The molecule has 2 rings (SSSR count). The van der Waals surface area contributed by atoms with Gasteiger partial charge in [-0.3, -0.25) is 4.68 Å². The molecule has 1 aromatic rings. The maximum absolute atomic E-state index is 4.54. The van der Waals surface area contributed by atoms with Crippen LogP contribution in [0.2, 0.25) is 0 Å². The molecule has 0 saturated heterocycles. The molecule has 0 bridgehead atoms. The van der Waals surface area contributed by atoms with Crippen LogP contribution in [0.4, 0.5) is 0 Å². The summed E-state index contributed by atoms with van der Waals surface area (Å²) in [7, 11) is 2.07. The minimum Gasteiger partial charge on any atom is -0.272 e.